The van der Waals surface area contributed by atoms with E-state index in [1.165, 1.54) is 13.0 Å². The Morgan fingerprint density at radius 3 is 2.12 bits per heavy atom. The van der Waals surface area contributed by atoms with Crippen LogP contribution in [-0.2, 0) is 16.1 Å². The van der Waals surface area contributed by atoms with Crippen molar-refractivity contribution < 1.29 is 23.8 Å². The van der Waals surface area contributed by atoms with Crippen molar-refractivity contribution in [3.05, 3.63) is 76.7 Å². The van der Waals surface area contributed by atoms with Crippen molar-refractivity contribution in [3.63, 3.8) is 0 Å². The first-order valence-corrected chi connectivity index (χ1v) is 10.6. The molecule has 9 heteroatoms. The predicted octanol–water partition coefficient (Wildman–Crippen LogP) is 3.22. The van der Waals surface area contributed by atoms with Gasteiger partial charge in [-0.2, -0.15) is 0 Å². The molecule has 0 radical (unpaired) electrons. The molecule has 0 saturated carbocycles. The van der Waals surface area contributed by atoms with Crippen molar-refractivity contribution in [1.29, 1.82) is 0 Å². The van der Waals surface area contributed by atoms with Crippen molar-refractivity contribution in [3.8, 4) is 17.2 Å². The molecular formula is C25H27N3O6. The molecule has 0 unspecified atom stereocenters. The summed E-state index contributed by atoms with van der Waals surface area (Å²) in [6.07, 6.45) is 1.67. The lowest BCUT2D eigenvalue weighted by Crippen LogP contribution is -2.24. The highest BCUT2D eigenvalue weighted by Gasteiger charge is 2.12. The van der Waals surface area contributed by atoms with E-state index in [0.717, 1.165) is 5.75 Å². The molecule has 34 heavy (non-hydrogen) atoms. The van der Waals surface area contributed by atoms with Gasteiger partial charge in [0, 0.05) is 30.6 Å². The van der Waals surface area contributed by atoms with Crippen LogP contribution in [0.5, 0.6) is 17.2 Å². The number of rotatable bonds is 10. The summed E-state index contributed by atoms with van der Waals surface area (Å²) in [6.45, 7) is 3.71. The Morgan fingerprint density at radius 2 is 1.50 bits per heavy atom. The van der Waals surface area contributed by atoms with Crippen LogP contribution in [0.25, 0.3) is 0 Å². The summed E-state index contributed by atoms with van der Waals surface area (Å²) in [6, 6.07) is 15.3. The highest BCUT2D eigenvalue weighted by Crippen LogP contribution is 2.18. The molecule has 2 amide bonds. The van der Waals surface area contributed by atoms with E-state index in [1.807, 2.05) is 28.8 Å². The van der Waals surface area contributed by atoms with Crippen molar-refractivity contribution in [1.82, 2.24) is 4.57 Å². The van der Waals surface area contributed by atoms with Gasteiger partial charge < -0.3 is 29.4 Å². The highest BCUT2D eigenvalue weighted by atomic mass is 16.5. The Bertz CT molecular complexity index is 1190. The standard InChI is InChI=1S/C25H27N3O6/c1-17-25(34-16-24(31)27-20-6-4-19(5-7-20)26-18(2)29)23(30)12-13-28(17)14-15-33-22-10-8-21(32-3)9-11-22/h4-13H,14-16H2,1-3H3,(H,26,29)(H,27,31). The molecule has 1 heterocycles. The highest BCUT2D eigenvalue weighted by molar-refractivity contribution is 5.93. The number of aromatic nitrogens is 1. The summed E-state index contributed by atoms with van der Waals surface area (Å²) >= 11 is 0. The fourth-order valence-electron chi connectivity index (χ4n) is 3.18. The summed E-state index contributed by atoms with van der Waals surface area (Å²) in [4.78, 5) is 35.7. The molecule has 3 aromatic rings. The number of carbonyl (C=O) groups excluding carboxylic acids is 2. The number of benzene rings is 2. The van der Waals surface area contributed by atoms with E-state index in [9.17, 15) is 14.4 Å². The Morgan fingerprint density at radius 1 is 0.882 bits per heavy atom. The van der Waals surface area contributed by atoms with Gasteiger partial charge in [-0.1, -0.05) is 0 Å². The SMILES string of the molecule is COc1ccc(OCCn2ccc(=O)c(OCC(=O)Nc3ccc(NC(C)=O)cc3)c2C)cc1. The van der Waals surface area contributed by atoms with Crippen LogP contribution < -0.4 is 30.3 Å². The maximum absolute atomic E-state index is 12.3. The molecule has 0 atom stereocenters. The first kappa shape index (κ1) is 24.4. The molecule has 0 aliphatic heterocycles. The molecule has 0 bridgehead atoms. The van der Waals surface area contributed by atoms with Gasteiger partial charge in [0.2, 0.25) is 11.3 Å². The first-order chi connectivity index (χ1) is 16.4. The van der Waals surface area contributed by atoms with Gasteiger partial charge >= 0.3 is 0 Å². The van der Waals surface area contributed by atoms with Crippen LogP contribution in [0.1, 0.15) is 12.6 Å². The zero-order chi connectivity index (χ0) is 24.5. The summed E-state index contributed by atoms with van der Waals surface area (Å²) in [5.74, 6) is 0.975. The number of carbonyl (C=O) groups is 2. The van der Waals surface area contributed by atoms with Gasteiger partial charge in [0.1, 0.15) is 18.1 Å². The molecule has 0 aliphatic rings. The van der Waals surface area contributed by atoms with Gasteiger partial charge in [-0.25, -0.2) is 0 Å². The molecular weight excluding hydrogens is 438 g/mol. The molecule has 3 rings (SSSR count). The lowest BCUT2D eigenvalue weighted by atomic mass is 10.2. The van der Waals surface area contributed by atoms with E-state index >= 15 is 0 Å². The van der Waals surface area contributed by atoms with Gasteiger partial charge in [-0.05, 0) is 55.5 Å². The fourth-order valence-corrected chi connectivity index (χ4v) is 3.18. The maximum atomic E-state index is 12.3. The van der Waals surface area contributed by atoms with E-state index < -0.39 is 5.91 Å². The van der Waals surface area contributed by atoms with Gasteiger partial charge in [0.25, 0.3) is 5.91 Å². The topological polar surface area (TPSA) is 108 Å². The fraction of sp³-hybridized carbons (Fsp3) is 0.240. The Kier molecular flexibility index (Phi) is 8.28. The number of amides is 2. The maximum Gasteiger partial charge on any atom is 0.262 e. The number of nitrogens with zero attached hydrogens (tertiary/aromatic N) is 1. The summed E-state index contributed by atoms with van der Waals surface area (Å²) in [5.41, 5.74) is 1.45. The van der Waals surface area contributed by atoms with Crippen LogP contribution in [0, 0.1) is 6.92 Å². The molecule has 0 spiro atoms. The lowest BCUT2D eigenvalue weighted by molar-refractivity contribution is -0.118. The molecule has 1 aromatic heterocycles. The lowest BCUT2D eigenvalue weighted by Gasteiger charge is -2.15. The van der Waals surface area contributed by atoms with Crippen molar-refractivity contribution in [2.45, 2.75) is 20.4 Å². The number of methoxy groups -OCH3 is 1. The van der Waals surface area contributed by atoms with Gasteiger partial charge in [0.15, 0.2) is 12.4 Å². The number of ether oxygens (including phenoxy) is 3. The van der Waals surface area contributed by atoms with Gasteiger partial charge in [-0.3, -0.25) is 14.4 Å². The zero-order valence-corrected chi connectivity index (χ0v) is 19.3. The Hall–Kier alpha value is -4.27. The minimum absolute atomic E-state index is 0.114. The van der Waals surface area contributed by atoms with E-state index in [0.29, 0.717) is 36.0 Å². The number of pyridine rings is 1. The van der Waals surface area contributed by atoms with Crippen LogP contribution >= 0.6 is 0 Å². The third-order valence-electron chi connectivity index (χ3n) is 4.89. The second-order valence-corrected chi connectivity index (χ2v) is 7.41. The van der Waals surface area contributed by atoms with Crippen molar-refractivity contribution in [2.75, 3.05) is 31.0 Å². The van der Waals surface area contributed by atoms with Crippen LogP contribution in [0.15, 0.2) is 65.6 Å². The second kappa shape index (κ2) is 11.6. The van der Waals surface area contributed by atoms with Crippen LogP contribution in [0.4, 0.5) is 11.4 Å². The molecule has 178 valence electrons. The predicted molar refractivity (Wildman–Crippen MR) is 129 cm³/mol. The van der Waals surface area contributed by atoms with E-state index in [-0.39, 0.29) is 23.7 Å². The third-order valence-corrected chi connectivity index (χ3v) is 4.89. The largest absolute Gasteiger partial charge is 0.497 e. The van der Waals surface area contributed by atoms with Crippen LogP contribution in [0.3, 0.4) is 0 Å². The van der Waals surface area contributed by atoms with Crippen LogP contribution in [-0.4, -0.2) is 36.7 Å². The molecule has 0 saturated heterocycles. The minimum atomic E-state index is -0.413. The van der Waals surface area contributed by atoms with Crippen molar-refractivity contribution >= 4 is 23.2 Å². The molecule has 2 N–H and O–H groups in total. The van der Waals surface area contributed by atoms with Gasteiger partial charge in [-0.15, -0.1) is 0 Å². The molecule has 0 aliphatic carbocycles. The quantitative estimate of drug-likeness (QED) is 0.476. The number of anilines is 2. The third kappa shape index (κ3) is 6.86. The zero-order valence-electron chi connectivity index (χ0n) is 19.3. The Labute approximate surface area is 197 Å². The number of hydrogen-bond donors (Lipinski definition) is 2. The number of nitrogens with one attached hydrogen (secondary N) is 2. The monoisotopic (exact) mass is 465 g/mol. The second-order valence-electron chi connectivity index (χ2n) is 7.41. The average Bonchev–Trinajstić information content (AvgIpc) is 2.82. The summed E-state index contributed by atoms with van der Waals surface area (Å²) < 4.78 is 18.3. The Balaban J connectivity index is 1.54. The van der Waals surface area contributed by atoms with E-state index in [4.69, 9.17) is 14.2 Å². The van der Waals surface area contributed by atoms with E-state index in [2.05, 4.69) is 10.6 Å². The van der Waals surface area contributed by atoms with Gasteiger partial charge in [0.05, 0.1) is 19.3 Å². The minimum Gasteiger partial charge on any atom is -0.497 e. The molecule has 9 nitrogen and oxygen atoms in total. The van der Waals surface area contributed by atoms with Crippen molar-refractivity contribution in [2.24, 2.45) is 0 Å². The number of hydrogen-bond acceptors (Lipinski definition) is 6. The van der Waals surface area contributed by atoms with Crippen LogP contribution in [0.2, 0.25) is 0 Å². The average molecular weight is 466 g/mol. The molecule has 2 aromatic carbocycles. The normalized spacial score (nSPS) is 10.3. The summed E-state index contributed by atoms with van der Waals surface area (Å²) in [5, 5.41) is 5.34. The smallest absolute Gasteiger partial charge is 0.262 e. The van der Waals surface area contributed by atoms with E-state index in [1.54, 1.807) is 44.5 Å². The first-order valence-electron chi connectivity index (χ1n) is 10.6. The molecule has 0 fully saturated rings. The summed E-state index contributed by atoms with van der Waals surface area (Å²) in [7, 11) is 1.60.